The molecule has 1 saturated heterocycles. The maximum Gasteiger partial charge on any atom is 0.201 e. The average Bonchev–Trinajstić information content (AvgIpc) is 2.66. The first kappa shape index (κ1) is 12.9. The van der Waals surface area contributed by atoms with E-state index in [1.165, 1.54) is 0 Å². The third-order valence-electron chi connectivity index (χ3n) is 3.47. The first-order valence-corrected chi connectivity index (χ1v) is 7.14. The summed E-state index contributed by atoms with van der Waals surface area (Å²) in [5.41, 5.74) is 7.99. The van der Waals surface area contributed by atoms with E-state index in [4.69, 9.17) is 10.5 Å². The van der Waals surface area contributed by atoms with Gasteiger partial charge in [-0.2, -0.15) is 0 Å². The Labute approximate surface area is 120 Å². The minimum absolute atomic E-state index is 0.164. The minimum Gasteiger partial charge on any atom is -0.374 e. The summed E-state index contributed by atoms with van der Waals surface area (Å²) in [5.74, 6) is 0.546. The Bertz CT molecular complexity index is 598. The Kier molecular flexibility index (Phi) is 3.47. The predicted molar refractivity (Wildman–Crippen MR) is 79.1 cm³/mol. The fourth-order valence-corrected chi connectivity index (χ4v) is 2.84. The molecule has 2 aromatic rings. The van der Waals surface area contributed by atoms with Gasteiger partial charge in [0, 0.05) is 17.6 Å². The molecule has 1 fully saturated rings. The zero-order valence-electron chi connectivity index (χ0n) is 10.8. The molecule has 5 nitrogen and oxygen atoms in total. The molecule has 1 aromatic heterocycles. The summed E-state index contributed by atoms with van der Waals surface area (Å²) in [7, 11) is 2.11. The first-order chi connectivity index (χ1) is 9.13. The number of imidazole rings is 1. The number of hydrogen-bond donors (Lipinski definition) is 1. The van der Waals surface area contributed by atoms with Crippen molar-refractivity contribution in [3.05, 3.63) is 22.7 Å². The van der Waals surface area contributed by atoms with Crippen molar-refractivity contribution in [3.8, 4) is 0 Å². The molecule has 1 aliphatic rings. The molecule has 3 rings (SSSR count). The van der Waals surface area contributed by atoms with E-state index in [2.05, 4.69) is 32.9 Å². The fourth-order valence-electron chi connectivity index (χ4n) is 2.49. The van der Waals surface area contributed by atoms with Crippen molar-refractivity contribution < 1.29 is 4.74 Å². The lowest BCUT2D eigenvalue weighted by Crippen LogP contribution is -2.42. The maximum atomic E-state index is 6.02. The second kappa shape index (κ2) is 5.11. The van der Waals surface area contributed by atoms with Gasteiger partial charge >= 0.3 is 0 Å². The predicted octanol–water partition coefficient (Wildman–Crippen LogP) is 1.71. The van der Waals surface area contributed by atoms with Crippen LogP contribution in [0.25, 0.3) is 11.0 Å². The highest BCUT2D eigenvalue weighted by atomic mass is 79.9. The third-order valence-corrected chi connectivity index (χ3v) is 3.96. The van der Waals surface area contributed by atoms with Crippen LogP contribution in [0.2, 0.25) is 0 Å². The molecule has 0 radical (unpaired) electrons. The molecule has 1 aromatic carbocycles. The topological polar surface area (TPSA) is 56.3 Å². The molecule has 19 heavy (non-hydrogen) atoms. The molecule has 1 unspecified atom stereocenters. The summed E-state index contributed by atoms with van der Waals surface area (Å²) >= 11 is 3.49. The van der Waals surface area contributed by atoms with Gasteiger partial charge < -0.3 is 19.9 Å². The second-order valence-corrected chi connectivity index (χ2v) is 5.88. The molecule has 0 spiro atoms. The maximum absolute atomic E-state index is 6.02. The van der Waals surface area contributed by atoms with E-state index in [9.17, 15) is 0 Å². The molecule has 0 bridgehead atoms. The number of likely N-dealkylation sites (N-methyl/N-ethyl adjacent to an activating group) is 1. The van der Waals surface area contributed by atoms with E-state index >= 15 is 0 Å². The van der Waals surface area contributed by atoms with Gasteiger partial charge in [-0.1, -0.05) is 15.9 Å². The summed E-state index contributed by atoms with van der Waals surface area (Å²) in [6.07, 6.45) is 0.164. The number of aromatic nitrogens is 2. The molecule has 2 heterocycles. The summed E-state index contributed by atoms with van der Waals surface area (Å²) in [5, 5.41) is 0. The zero-order valence-corrected chi connectivity index (χ0v) is 12.4. The SMILES string of the molecule is CN1CCOC(Cn2c(N)nc3ccc(Br)cc32)C1. The van der Waals surface area contributed by atoms with E-state index in [0.717, 1.165) is 41.7 Å². The van der Waals surface area contributed by atoms with Crippen LogP contribution >= 0.6 is 15.9 Å². The van der Waals surface area contributed by atoms with Gasteiger partial charge in [-0.15, -0.1) is 0 Å². The largest absolute Gasteiger partial charge is 0.374 e. The van der Waals surface area contributed by atoms with Gasteiger partial charge in [0.1, 0.15) is 0 Å². The Morgan fingerprint density at radius 1 is 1.53 bits per heavy atom. The number of hydrogen-bond acceptors (Lipinski definition) is 4. The lowest BCUT2D eigenvalue weighted by Gasteiger charge is -2.30. The highest BCUT2D eigenvalue weighted by Gasteiger charge is 2.20. The van der Waals surface area contributed by atoms with Crippen LogP contribution in [0.3, 0.4) is 0 Å². The van der Waals surface area contributed by atoms with Crippen LogP contribution in [0.1, 0.15) is 0 Å². The number of halogens is 1. The van der Waals surface area contributed by atoms with Gasteiger partial charge in [-0.05, 0) is 25.2 Å². The van der Waals surface area contributed by atoms with Crippen LogP contribution in [-0.4, -0.2) is 47.3 Å². The minimum atomic E-state index is 0.164. The highest BCUT2D eigenvalue weighted by Crippen LogP contribution is 2.23. The molecule has 102 valence electrons. The average molecular weight is 325 g/mol. The van der Waals surface area contributed by atoms with Gasteiger partial charge in [0.2, 0.25) is 5.95 Å². The summed E-state index contributed by atoms with van der Waals surface area (Å²) < 4.78 is 8.86. The monoisotopic (exact) mass is 324 g/mol. The van der Waals surface area contributed by atoms with Gasteiger partial charge in [0.25, 0.3) is 0 Å². The van der Waals surface area contributed by atoms with E-state index in [1.807, 2.05) is 22.8 Å². The number of nitrogen functional groups attached to an aromatic ring is 1. The van der Waals surface area contributed by atoms with E-state index in [1.54, 1.807) is 0 Å². The van der Waals surface area contributed by atoms with Crippen LogP contribution in [0, 0.1) is 0 Å². The van der Waals surface area contributed by atoms with E-state index in [-0.39, 0.29) is 6.10 Å². The number of nitrogens with zero attached hydrogens (tertiary/aromatic N) is 3. The van der Waals surface area contributed by atoms with Gasteiger partial charge in [0.15, 0.2) is 0 Å². The van der Waals surface area contributed by atoms with Crippen LogP contribution in [0.4, 0.5) is 5.95 Å². The Balaban J connectivity index is 1.91. The van der Waals surface area contributed by atoms with Crippen molar-refractivity contribution in [1.29, 1.82) is 0 Å². The molecule has 1 aliphatic heterocycles. The smallest absolute Gasteiger partial charge is 0.201 e. The molecule has 6 heteroatoms. The van der Waals surface area contributed by atoms with E-state index in [0.29, 0.717) is 5.95 Å². The van der Waals surface area contributed by atoms with Gasteiger partial charge in [-0.3, -0.25) is 0 Å². The summed E-state index contributed by atoms with van der Waals surface area (Å²) in [6, 6.07) is 6.00. The Morgan fingerprint density at radius 2 is 2.37 bits per heavy atom. The van der Waals surface area contributed by atoms with Gasteiger partial charge in [0.05, 0.1) is 30.3 Å². The van der Waals surface area contributed by atoms with Crippen LogP contribution in [-0.2, 0) is 11.3 Å². The number of rotatable bonds is 2. The van der Waals surface area contributed by atoms with Crippen molar-refractivity contribution in [2.75, 3.05) is 32.5 Å². The molecular weight excluding hydrogens is 308 g/mol. The van der Waals surface area contributed by atoms with Crippen LogP contribution in [0.15, 0.2) is 22.7 Å². The first-order valence-electron chi connectivity index (χ1n) is 6.35. The van der Waals surface area contributed by atoms with Crippen LogP contribution in [0.5, 0.6) is 0 Å². The Hall–Kier alpha value is -1.11. The summed E-state index contributed by atoms with van der Waals surface area (Å²) in [4.78, 5) is 6.67. The third kappa shape index (κ3) is 2.61. The lowest BCUT2D eigenvalue weighted by molar-refractivity contribution is -0.0267. The number of morpholine rings is 1. The van der Waals surface area contributed by atoms with Crippen molar-refractivity contribution in [2.24, 2.45) is 0 Å². The van der Waals surface area contributed by atoms with Crippen molar-refractivity contribution >= 4 is 32.9 Å². The van der Waals surface area contributed by atoms with Crippen molar-refractivity contribution in [1.82, 2.24) is 14.5 Å². The number of fused-ring (bicyclic) bond motifs is 1. The molecule has 2 N–H and O–H groups in total. The van der Waals surface area contributed by atoms with Gasteiger partial charge in [-0.25, -0.2) is 4.98 Å². The highest BCUT2D eigenvalue weighted by molar-refractivity contribution is 9.10. The standard InChI is InChI=1S/C13H17BrN4O/c1-17-4-5-19-10(7-17)8-18-12-6-9(14)2-3-11(12)16-13(18)15/h2-3,6,10H,4-5,7-8H2,1H3,(H2,15,16). The number of anilines is 1. The van der Waals surface area contributed by atoms with Crippen LogP contribution < -0.4 is 5.73 Å². The summed E-state index contributed by atoms with van der Waals surface area (Å²) in [6.45, 7) is 3.43. The van der Waals surface area contributed by atoms with E-state index < -0.39 is 0 Å². The number of ether oxygens (including phenoxy) is 1. The lowest BCUT2D eigenvalue weighted by atomic mass is 10.2. The fraction of sp³-hybridized carbons (Fsp3) is 0.462. The number of nitrogens with two attached hydrogens (primary N) is 1. The zero-order chi connectivity index (χ0) is 13.4. The molecular formula is C13H17BrN4O. The molecule has 0 amide bonds. The molecule has 0 saturated carbocycles. The number of benzene rings is 1. The second-order valence-electron chi connectivity index (χ2n) is 4.97. The molecule has 1 atom stereocenters. The normalized spacial score (nSPS) is 21.1. The quantitative estimate of drug-likeness (QED) is 0.913. The Morgan fingerprint density at radius 3 is 3.16 bits per heavy atom. The van der Waals surface area contributed by atoms with Crippen molar-refractivity contribution in [2.45, 2.75) is 12.6 Å². The van der Waals surface area contributed by atoms with Crippen molar-refractivity contribution in [3.63, 3.8) is 0 Å². The molecule has 0 aliphatic carbocycles.